The third-order valence-corrected chi connectivity index (χ3v) is 4.66. The SMILES string of the molecule is C1=NCc2sc(N3Cc4ccccc4CN3)cc2N1. The molecule has 2 aliphatic rings. The quantitative estimate of drug-likeness (QED) is 0.837. The van der Waals surface area contributed by atoms with Crippen molar-refractivity contribution in [3.8, 4) is 0 Å². The smallest absolute Gasteiger partial charge is 0.108 e. The van der Waals surface area contributed by atoms with Crippen molar-refractivity contribution in [3.63, 3.8) is 0 Å². The number of nitrogens with zero attached hydrogens (tertiary/aromatic N) is 2. The van der Waals surface area contributed by atoms with Crippen molar-refractivity contribution in [1.82, 2.24) is 5.43 Å². The zero-order valence-electron chi connectivity index (χ0n) is 10.4. The molecular weight excluding hydrogens is 256 g/mol. The Labute approximate surface area is 115 Å². The average Bonchev–Trinajstić information content (AvgIpc) is 2.90. The molecule has 1 aromatic carbocycles. The minimum Gasteiger partial charge on any atom is -0.346 e. The van der Waals surface area contributed by atoms with Crippen molar-refractivity contribution in [2.75, 3.05) is 10.3 Å². The number of aliphatic imine (C=N–C) groups is 1. The number of hydrogen-bond donors (Lipinski definition) is 2. The number of hydrogen-bond acceptors (Lipinski definition) is 5. The van der Waals surface area contributed by atoms with Gasteiger partial charge in [-0.3, -0.25) is 10.0 Å². The van der Waals surface area contributed by atoms with Crippen molar-refractivity contribution >= 4 is 28.4 Å². The lowest BCUT2D eigenvalue weighted by Gasteiger charge is -2.30. The van der Waals surface area contributed by atoms with E-state index in [2.05, 4.69) is 51.1 Å². The summed E-state index contributed by atoms with van der Waals surface area (Å²) < 4.78 is 0. The molecule has 0 spiro atoms. The minimum atomic E-state index is 0.789. The second-order valence-electron chi connectivity index (χ2n) is 4.73. The van der Waals surface area contributed by atoms with E-state index < -0.39 is 0 Å². The number of nitrogens with one attached hydrogen (secondary N) is 2. The van der Waals surface area contributed by atoms with Crippen molar-refractivity contribution < 1.29 is 0 Å². The fourth-order valence-corrected chi connectivity index (χ4v) is 3.51. The van der Waals surface area contributed by atoms with Crippen LogP contribution in [0.2, 0.25) is 0 Å². The van der Waals surface area contributed by atoms with E-state index in [1.54, 1.807) is 17.7 Å². The van der Waals surface area contributed by atoms with Gasteiger partial charge in [0.25, 0.3) is 0 Å². The summed E-state index contributed by atoms with van der Waals surface area (Å²) in [6.45, 7) is 2.59. The van der Waals surface area contributed by atoms with Crippen LogP contribution in [0.25, 0.3) is 0 Å². The van der Waals surface area contributed by atoms with Crippen LogP contribution in [0, 0.1) is 0 Å². The van der Waals surface area contributed by atoms with Gasteiger partial charge in [0.05, 0.1) is 30.0 Å². The Morgan fingerprint density at radius 2 is 2.11 bits per heavy atom. The molecule has 0 aliphatic carbocycles. The molecule has 0 amide bonds. The number of fused-ring (bicyclic) bond motifs is 2. The summed E-state index contributed by atoms with van der Waals surface area (Å²) in [5, 5.41) is 6.68. The minimum absolute atomic E-state index is 0.789. The maximum atomic E-state index is 4.25. The molecule has 0 fully saturated rings. The first-order chi connectivity index (χ1) is 9.40. The van der Waals surface area contributed by atoms with Gasteiger partial charge in [-0.2, -0.15) is 0 Å². The standard InChI is InChI=1S/C14H14N4S/c1-2-4-11-8-18(17-6-10(11)3-1)14-5-12-13(19-14)7-15-9-16-12/h1-5,9,17H,6-8H2,(H,15,16). The monoisotopic (exact) mass is 270 g/mol. The van der Waals surface area contributed by atoms with Crippen LogP contribution < -0.4 is 15.8 Å². The van der Waals surface area contributed by atoms with E-state index in [-0.39, 0.29) is 0 Å². The zero-order valence-corrected chi connectivity index (χ0v) is 11.2. The average molecular weight is 270 g/mol. The molecule has 2 N–H and O–H groups in total. The molecule has 0 atom stereocenters. The van der Waals surface area contributed by atoms with Crippen molar-refractivity contribution in [2.45, 2.75) is 19.6 Å². The molecule has 1 aromatic heterocycles. The van der Waals surface area contributed by atoms with Gasteiger partial charge in [0.2, 0.25) is 0 Å². The summed E-state index contributed by atoms with van der Waals surface area (Å²) in [7, 11) is 0. The largest absolute Gasteiger partial charge is 0.346 e. The Balaban J connectivity index is 1.63. The lowest BCUT2D eigenvalue weighted by atomic mass is 10.1. The highest BCUT2D eigenvalue weighted by Gasteiger charge is 2.19. The molecule has 0 saturated carbocycles. The second-order valence-corrected chi connectivity index (χ2v) is 5.84. The molecular formula is C14H14N4S. The Bertz CT molecular complexity index is 621. The third kappa shape index (κ3) is 1.91. The third-order valence-electron chi connectivity index (χ3n) is 3.52. The Morgan fingerprint density at radius 3 is 3.00 bits per heavy atom. The zero-order chi connectivity index (χ0) is 12.7. The van der Waals surface area contributed by atoms with Gasteiger partial charge in [0, 0.05) is 6.54 Å². The molecule has 2 aromatic rings. The maximum Gasteiger partial charge on any atom is 0.108 e. The molecule has 0 unspecified atom stereocenters. The first-order valence-electron chi connectivity index (χ1n) is 6.35. The van der Waals surface area contributed by atoms with E-state index in [1.807, 2.05) is 0 Å². The summed E-state index contributed by atoms with van der Waals surface area (Å²) in [4.78, 5) is 5.55. The van der Waals surface area contributed by atoms with Gasteiger partial charge in [0.1, 0.15) is 5.00 Å². The van der Waals surface area contributed by atoms with Gasteiger partial charge in [-0.25, -0.2) is 5.43 Å². The predicted octanol–water partition coefficient (Wildman–Crippen LogP) is 2.73. The van der Waals surface area contributed by atoms with E-state index in [0.717, 1.165) is 19.6 Å². The first kappa shape index (κ1) is 11.0. The van der Waals surface area contributed by atoms with Crippen molar-refractivity contribution in [1.29, 1.82) is 0 Å². The fourth-order valence-electron chi connectivity index (χ4n) is 2.48. The van der Waals surface area contributed by atoms with Crippen LogP contribution in [0.3, 0.4) is 0 Å². The molecule has 0 saturated heterocycles. The van der Waals surface area contributed by atoms with Gasteiger partial charge in [-0.05, 0) is 17.2 Å². The van der Waals surface area contributed by atoms with E-state index >= 15 is 0 Å². The van der Waals surface area contributed by atoms with E-state index in [4.69, 9.17) is 0 Å². The second kappa shape index (κ2) is 4.36. The highest BCUT2D eigenvalue weighted by atomic mass is 32.1. The Hall–Kier alpha value is -1.85. The molecule has 5 heteroatoms. The number of benzene rings is 1. The van der Waals surface area contributed by atoms with Gasteiger partial charge in [-0.15, -0.1) is 11.3 Å². The topological polar surface area (TPSA) is 39.7 Å². The predicted molar refractivity (Wildman–Crippen MR) is 79.6 cm³/mol. The summed E-state index contributed by atoms with van der Waals surface area (Å²) in [5.74, 6) is 0. The number of hydrazine groups is 1. The van der Waals surface area contributed by atoms with E-state index in [0.29, 0.717) is 0 Å². The van der Waals surface area contributed by atoms with Gasteiger partial charge in [-0.1, -0.05) is 24.3 Å². The van der Waals surface area contributed by atoms with Crippen LogP contribution in [0.4, 0.5) is 10.7 Å². The number of thiophene rings is 1. The maximum absolute atomic E-state index is 4.25. The highest BCUT2D eigenvalue weighted by molar-refractivity contribution is 7.16. The summed E-state index contributed by atoms with van der Waals surface area (Å²) in [6.07, 6.45) is 1.78. The van der Waals surface area contributed by atoms with Crippen LogP contribution in [-0.2, 0) is 19.6 Å². The number of rotatable bonds is 1. The van der Waals surface area contributed by atoms with Crippen molar-refractivity contribution in [3.05, 3.63) is 46.3 Å². The molecule has 19 heavy (non-hydrogen) atoms. The van der Waals surface area contributed by atoms with Crippen LogP contribution in [0.1, 0.15) is 16.0 Å². The van der Waals surface area contributed by atoms with Crippen molar-refractivity contribution in [2.24, 2.45) is 4.99 Å². The lowest BCUT2D eigenvalue weighted by molar-refractivity contribution is 0.587. The first-order valence-corrected chi connectivity index (χ1v) is 7.17. The normalized spacial score (nSPS) is 16.7. The molecule has 0 bridgehead atoms. The van der Waals surface area contributed by atoms with Gasteiger partial charge < -0.3 is 5.32 Å². The van der Waals surface area contributed by atoms with Gasteiger partial charge >= 0.3 is 0 Å². The molecule has 96 valence electrons. The van der Waals surface area contributed by atoms with Crippen LogP contribution in [0.15, 0.2) is 35.3 Å². The Morgan fingerprint density at radius 1 is 1.21 bits per heavy atom. The van der Waals surface area contributed by atoms with Gasteiger partial charge in [0.15, 0.2) is 0 Å². The molecule has 4 rings (SSSR count). The summed E-state index contributed by atoms with van der Waals surface area (Å²) >= 11 is 1.80. The highest BCUT2D eigenvalue weighted by Crippen LogP contribution is 2.36. The van der Waals surface area contributed by atoms with Crippen LogP contribution in [-0.4, -0.2) is 6.34 Å². The fraction of sp³-hybridized carbons (Fsp3) is 0.214. The molecule has 2 aliphatic heterocycles. The summed E-state index contributed by atoms with van der Waals surface area (Å²) in [5.41, 5.74) is 7.46. The van der Waals surface area contributed by atoms with E-state index in [1.165, 1.54) is 26.7 Å². The van der Waals surface area contributed by atoms with Crippen LogP contribution in [0.5, 0.6) is 0 Å². The van der Waals surface area contributed by atoms with E-state index in [9.17, 15) is 0 Å². The molecule has 4 nitrogen and oxygen atoms in total. The number of anilines is 2. The summed E-state index contributed by atoms with van der Waals surface area (Å²) in [6, 6.07) is 10.8. The van der Waals surface area contributed by atoms with Crippen LogP contribution >= 0.6 is 11.3 Å². The molecule has 0 radical (unpaired) electrons. The molecule has 3 heterocycles. The Kier molecular flexibility index (Phi) is 2.53. The lowest BCUT2D eigenvalue weighted by Crippen LogP contribution is -2.40.